The number of terminal acetylenes is 1. The highest BCUT2D eigenvalue weighted by molar-refractivity contribution is 6.10. The van der Waals surface area contributed by atoms with E-state index in [9.17, 15) is 4.79 Å². The molecule has 1 fully saturated rings. The first-order chi connectivity index (χ1) is 11.7. The maximum absolute atomic E-state index is 12.5. The van der Waals surface area contributed by atoms with Crippen LogP contribution in [-0.4, -0.2) is 38.5 Å². The van der Waals surface area contributed by atoms with Crippen LogP contribution in [0.2, 0.25) is 0 Å². The number of hydrogen-bond acceptors (Lipinski definition) is 4. The molecule has 24 heavy (non-hydrogen) atoms. The molecule has 0 N–H and O–H groups in total. The Hall–Kier alpha value is -2.87. The van der Waals surface area contributed by atoms with E-state index in [1.807, 2.05) is 29.9 Å². The second-order valence-corrected chi connectivity index (χ2v) is 6.33. The lowest BCUT2D eigenvalue weighted by atomic mass is 9.88. The fourth-order valence-corrected chi connectivity index (χ4v) is 3.61. The number of carbonyl (C=O) groups excluding carboxylic acids is 1. The first-order valence-electron chi connectivity index (χ1n) is 8.11. The summed E-state index contributed by atoms with van der Waals surface area (Å²) in [5.74, 6) is 2.64. The number of aromatic nitrogens is 3. The average Bonchev–Trinajstić information content (AvgIpc) is 3.25. The van der Waals surface area contributed by atoms with Gasteiger partial charge in [-0.2, -0.15) is 5.10 Å². The van der Waals surface area contributed by atoms with Crippen LogP contribution >= 0.6 is 0 Å². The smallest absolute Gasteiger partial charge is 0.177 e. The fourth-order valence-electron chi connectivity index (χ4n) is 3.61. The fraction of sp³-hybridized carbons (Fsp3) is 0.316. The minimum absolute atomic E-state index is 0.00759. The average molecular weight is 318 g/mol. The minimum Gasteiger partial charge on any atom is -0.368 e. The Morgan fingerprint density at radius 2 is 2.29 bits per heavy atom. The summed E-state index contributed by atoms with van der Waals surface area (Å²) in [6, 6.07) is 4.27. The van der Waals surface area contributed by atoms with E-state index in [4.69, 9.17) is 6.42 Å². The Kier molecular flexibility index (Phi) is 3.46. The molecule has 5 heteroatoms. The number of Topliss-reactive ketones (excluding diaryl/α,β-unsaturated/α-hetero) is 1. The van der Waals surface area contributed by atoms with E-state index in [2.05, 4.69) is 20.9 Å². The molecule has 0 unspecified atom stereocenters. The molecule has 1 atom stereocenters. The highest BCUT2D eigenvalue weighted by Gasteiger charge is 2.33. The van der Waals surface area contributed by atoms with Crippen LogP contribution in [-0.2, 0) is 11.2 Å². The van der Waals surface area contributed by atoms with Gasteiger partial charge in [0.15, 0.2) is 5.78 Å². The van der Waals surface area contributed by atoms with Gasteiger partial charge in [-0.1, -0.05) is 5.92 Å². The first-order valence-corrected chi connectivity index (χ1v) is 8.11. The van der Waals surface area contributed by atoms with Gasteiger partial charge in [0.1, 0.15) is 0 Å². The Labute approximate surface area is 141 Å². The molecule has 0 bridgehead atoms. The van der Waals surface area contributed by atoms with Crippen LogP contribution in [0.4, 0.5) is 0 Å². The zero-order valence-corrected chi connectivity index (χ0v) is 13.6. The lowest BCUT2D eigenvalue weighted by molar-refractivity contribution is -0.114. The Morgan fingerprint density at radius 1 is 1.42 bits per heavy atom. The number of aryl methyl sites for hydroxylation is 1. The van der Waals surface area contributed by atoms with Crippen LogP contribution in [0, 0.1) is 19.3 Å². The second-order valence-electron chi connectivity index (χ2n) is 6.33. The molecule has 2 aliphatic rings. The summed E-state index contributed by atoms with van der Waals surface area (Å²) in [5, 5.41) is 4.35. The molecule has 0 radical (unpaired) electrons. The van der Waals surface area contributed by atoms with Crippen molar-refractivity contribution < 1.29 is 4.79 Å². The van der Waals surface area contributed by atoms with Crippen molar-refractivity contribution in [2.24, 2.45) is 0 Å². The molecule has 1 aliphatic heterocycles. The van der Waals surface area contributed by atoms with Gasteiger partial charge in [-0.05, 0) is 31.0 Å². The summed E-state index contributed by atoms with van der Waals surface area (Å²) < 4.78 is 1.99. The predicted molar refractivity (Wildman–Crippen MR) is 90.9 cm³/mol. The van der Waals surface area contributed by atoms with Crippen LogP contribution in [0.3, 0.4) is 0 Å². The molecule has 0 aromatic carbocycles. The zero-order valence-electron chi connectivity index (χ0n) is 13.6. The van der Waals surface area contributed by atoms with Crippen molar-refractivity contribution in [3.63, 3.8) is 0 Å². The van der Waals surface area contributed by atoms with Gasteiger partial charge in [0.2, 0.25) is 0 Å². The Bertz CT molecular complexity index is 873. The van der Waals surface area contributed by atoms with Crippen LogP contribution in [0.5, 0.6) is 0 Å². The molecule has 1 aliphatic carbocycles. The maximum atomic E-state index is 12.5. The van der Waals surface area contributed by atoms with Crippen molar-refractivity contribution in [2.75, 3.05) is 13.1 Å². The summed E-state index contributed by atoms with van der Waals surface area (Å²) in [7, 11) is 0. The van der Waals surface area contributed by atoms with Crippen LogP contribution < -0.4 is 0 Å². The molecule has 0 spiro atoms. The molecule has 3 heterocycles. The number of likely N-dealkylation sites (tertiary alicyclic amines) is 1. The SMILES string of the molecule is C#CC1=C(N2CC[C@@H](n3cccn3)C2)c2cc(C)ncc2CC1=O. The van der Waals surface area contributed by atoms with Crippen molar-refractivity contribution in [3.8, 4) is 12.3 Å². The molecule has 1 saturated heterocycles. The van der Waals surface area contributed by atoms with Crippen molar-refractivity contribution in [1.82, 2.24) is 19.7 Å². The van der Waals surface area contributed by atoms with Crippen molar-refractivity contribution >= 4 is 11.5 Å². The summed E-state index contributed by atoms with van der Waals surface area (Å²) >= 11 is 0. The molecular weight excluding hydrogens is 300 g/mol. The molecule has 0 saturated carbocycles. The highest BCUT2D eigenvalue weighted by atomic mass is 16.1. The van der Waals surface area contributed by atoms with Crippen molar-refractivity contribution in [2.45, 2.75) is 25.8 Å². The number of hydrogen-bond donors (Lipinski definition) is 0. The molecular formula is C19H18N4O. The topological polar surface area (TPSA) is 51.0 Å². The third kappa shape index (κ3) is 2.31. The van der Waals surface area contributed by atoms with Crippen LogP contribution in [0.15, 0.2) is 36.3 Å². The van der Waals surface area contributed by atoms with E-state index in [-0.39, 0.29) is 5.78 Å². The van der Waals surface area contributed by atoms with Gasteiger partial charge >= 0.3 is 0 Å². The van der Waals surface area contributed by atoms with Crippen molar-refractivity contribution in [1.29, 1.82) is 0 Å². The summed E-state index contributed by atoms with van der Waals surface area (Å²) in [6.45, 7) is 3.62. The van der Waals surface area contributed by atoms with E-state index in [0.717, 1.165) is 42.0 Å². The monoisotopic (exact) mass is 318 g/mol. The molecule has 0 amide bonds. The normalized spacial score (nSPS) is 20.2. The largest absolute Gasteiger partial charge is 0.368 e. The maximum Gasteiger partial charge on any atom is 0.177 e. The molecule has 120 valence electrons. The minimum atomic E-state index is 0.00759. The predicted octanol–water partition coefficient (Wildman–Crippen LogP) is 2.00. The van der Waals surface area contributed by atoms with E-state index >= 15 is 0 Å². The van der Waals surface area contributed by atoms with Crippen molar-refractivity contribution in [3.05, 3.63) is 53.1 Å². The van der Waals surface area contributed by atoms with Gasteiger partial charge in [-0.3, -0.25) is 14.5 Å². The number of ketones is 1. The number of rotatable bonds is 2. The van der Waals surface area contributed by atoms with E-state index in [1.165, 1.54) is 0 Å². The Morgan fingerprint density at radius 3 is 3.04 bits per heavy atom. The standard InChI is InChI=1S/C19H18N4O/c1-3-16-18(24)10-14-11-20-13(2)9-17(14)19(16)22-8-5-15(12-22)23-7-4-6-21-23/h1,4,6-7,9,11,15H,5,8,10,12H2,2H3/t15-/m1/s1. The number of fused-ring (bicyclic) bond motifs is 1. The summed E-state index contributed by atoms with van der Waals surface area (Å²) in [4.78, 5) is 19.0. The second kappa shape index (κ2) is 5.64. The van der Waals surface area contributed by atoms with E-state index in [1.54, 1.807) is 12.4 Å². The number of pyridine rings is 1. The number of allylic oxidation sites excluding steroid dienone is 1. The quantitative estimate of drug-likeness (QED) is 0.795. The van der Waals surface area contributed by atoms with Gasteiger partial charge < -0.3 is 4.90 Å². The van der Waals surface area contributed by atoms with Gasteiger partial charge in [-0.15, -0.1) is 6.42 Å². The van der Waals surface area contributed by atoms with Crippen LogP contribution in [0.25, 0.3) is 5.70 Å². The molecule has 2 aromatic rings. The third-order valence-corrected chi connectivity index (χ3v) is 4.77. The van der Waals surface area contributed by atoms with Crippen LogP contribution in [0.1, 0.15) is 29.3 Å². The van der Waals surface area contributed by atoms with Gasteiger partial charge in [0.05, 0.1) is 17.3 Å². The Balaban J connectivity index is 1.76. The highest BCUT2D eigenvalue weighted by Crippen LogP contribution is 2.36. The first kappa shape index (κ1) is 14.7. The molecule has 2 aromatic heterocycles. The lowest BCUT2D eigenvalue weighted by Crippen LogP contribution is -2.27. The van der Waals surface area contributed by atoms with E-state index < -0.39 is 0 Å². The lowest BCUT2D eigenvalue weighted by Gasteiger charge is -2.28. The van der Waals surface area contributed by atoms with Gasteiger partial charge in [0.25, 0.3) is 0 Å². The van der Waals surface area contributed by atoms with E-state index in [0.29, 0.717) is 18.0 Å². The summed E-state index contributed by atoms with van der Waals surface area (Å²) in [6.07, 6.45) is 12.6. The van der Waals surface area contributed by atoms with Gasteiger partial charge in [-0.25, -0.2) is 0 Å². The van der Waals surface area contributed by atoms with Gasteiger partial charge in [0, 0.05) is 49.4 Å². The molecule has 5 nitrogen and oxygen atoms in total. The number of carbonyl (C=O) groups is 1. The number of nitrogens with zero attached hydrogens (tertiary/aromatic N) is 4. The zero-order chi connectivity index (χ0) is 16.7. The summed E-state index contributed by atoms with van der Waals surface area (Å²) in [5.41, 5.74) is 4.33. The molecule has 4 rings (SSSR count). The third-order valence-electron chi connectivity index (χ3n) is 4.77.